The van der Waals surface area contributed by atoms with Gasteiger partial charge in [-0.2, -0.15) is 0 Å². The van der Waals surface area contributed by atoms with E-state index in [9.17, 15) is 0 Å². The quantitative estimate of drug-likeness (QED) is 0.814. The molecule has 0 saturated carbocycles. The normalized spacial score (nSPS) is 16.1. The van der Waals surface area contributed by atoms with Crippen molar-refractivity contribution in [3.8, 4) is 11.5 Å². The second kappa shape index (κ2) is 8.13. The molecular weight excluding hydrogens is 302 g/mol. The van der Waals surface area contributed by atoms with E-state index in [2.05, 4.69) is 26.9 Å². The fourth-order valence-corrected chi connectivity index (χ4v) is 3.07. The molecule has 0 atom stereocenters. The minimum Gasteiger partial charge on any atom is -0.497 e. The van der Waals surface area contributed by atoms with Crippen LogP contribution in [-0.2, 0) is 13.1 Å². The molecule has 0 spiro atoms. The molecule has 2 aromatic rings. The van der Waals surface area contributed by atoms with Crippen LogP contribution in [0.15, 0.2) is 42.6 Å². The van der Waals surface area contributed by atoms with Crippen molar-refractivity contribution in [1.82, 2.24) is 14.8 Å². The average Bonchev–Trinajstić information content (AvgIpc) is 2.64. The number of hydrogen-bond acceptors (Lipinski definition) is 5. The van der Waals surface area contributed by atoms with Gasteiger partial charge in [-0.25, -0.2) is 0 Å². The summed E-state index contributed by atoms with van der Waals surface area (Å²) in [6.45, 7) is 6.03. The van der Waals surface area contributed by atoms with Gasteiger partial charge >= 0.3 is 0 Å². The highest BCUT2D eigenvalue weighted by molar-refractivity contribution is 5.40. The highest BCUT2D eigenvalue weighted by atomic mass is 16.5. The molecule has 0 N–H and O–H groups in total. The third kappa shape index (κ3) is 4.24. The molecule has 3 rings (SSSR count). The van der Waals surface area contributed by atoms with Crippen LogP contribution in [0.4, 0.5) is 0 Å². The molecule has 128 valence electrons. The van der Waals surface area contributed by atoms with E-state index in [-0.39, 0.29) is 0 Å². The summed E-state index contributed by atoms with van der Waals surface area (Å²) in [6.07, 6.45) is 1.86. The Bertz CT molecular complexity index is 640. The lowest BCUT2D eigenvalue weighted by Gasteiger charge is -2.34. The first kappa shape index (κ1) is 16.7. The van der Waals surface area contributed by atoms with Crippen molar-refractivity contribution in [1.29, 1.82) is 0 Å². The number of ether oxygens (including phenoxy) is 2. The van der Waals surface area contributed by atoms with Crippen LogP contribution in [0.5, 0.6) is 11.5 Å². The average molecular weight is 327 g/mol. The van der Waals surface area contributed by atoms with Gasteiger partial charge in [0.15, 0.2) is 0 Å². The third-order valence-corrected chi connectivity index (χ3v) is 4.46. The third-order valence-electron chi connectivity index (χ3n) is 4.46. The standard InChI is InChI=1S/C19H25N3O2/c1-23-18-6-7-19(24-2)16(13-18)14-21-9-11-22(12-10-21)15-17-5-3-4-8-20-17/h3-8,13H,9-12,14-15H2,1-2H3. The van der Waals surface area contributed by atoms with Crippen molar-refractivity contribution in [2.75, 3.05) is 40.4 Å². The first-order chi connectivity index (χ1) is 11.8. The number of piperazine rings is 1. The summed E-state index contributed by atoms with van der Waals surface area (Å²) in [5.41, 5.74) is 2.32. The summed E-state index contributed by atoms with van der Waals surface area (Å²) >= 11 is 0. The summed E-state index contributed by atoms with van der Waals surface area (Å²) in [6, 6.07) is 12.1. The van der Waals surface area contributed by atoms with E-state index in [1.165, 1.54) is 5.56 Å². The Balaban J connectivity index is 1.55. The number of nitrogens with zero attached hydrogens (tertiary/aromatic N) is 3. The molecule has 0 radical (unpaired) electrons. The Morgan fingerprint density at radius 2 is 1.67 bits per heavy atom. The van der Waals surface area contributed by atoms with Gasteiger partial charge in [-0.3, -0.25) is 14.8 Å². The molecule has 24 heavy (non-hydrogen) atoms. The minimum absolute atomic E-state index is 0.875. The molecule has 1 aromatic heterocycles. The van der Waals surface area contributed by atoms with E-state index in [1.54, 1.807) is 14.2 Å². The Morgan fingerprint density at radius 1 is 0.917 bits per heavy atom. The zero-order valence-electron chi connectivity index (χ0n) is 14.4. The highest BCUT2D eigenvalue weighted by Gasteiger charge is 2.18. The van der Waals surface area contributed by atoms with E-state index in [0.717, 1.165) is 56.5 Å². The molecule has 1 aliphatic rings. The fourth-order valence-electron chi connectivity index (χ4n) is 3.07. The molecule has 5 heteroatoms. The molecule has 1 saturated heterocycles. The van der Waals surface area contributed by atoms with Crippen LogP contribution >= 0.6 is 0 Å². The molecule has 1 aliphatic heterocycles. The first-order valence-corrected chi connectivity index (χ1v) is 8.34. The second-order valence-electron chi connectivity index (χ2n) is 6.05. The minimum atomic E-state index is 0.875. The van der Waals surface area contributed by atoms with Crippen LogP contribution in [0, 0.1) is 0 Å². The lowest BCUT2D eigenvalue weighted by molar-refractivity contribution is 0.120. The van der Waals surface area contributed by atoms with Crippen molar-refractivity contribution < 1.29 is 9.47 Å². The Morgan fingerprint density at radius 3 is 2.29 bits per heavy atom. The molecule has 0 unspecified atom stereocenters. The van der Waals surface area contributed by atoms with Gasteiger partial charge in [-0.05, 0) is 30.3 Å². The monoisotopic (exact) mass is 327 g/mol. The number of benzene rings is 1. The van der Waals surface area contributed by atoms with E-state index in [1.807, 2.05) is 30.5 Å². The number of aromatic nitrogens is 1. The van der Waals surface area contributed by atoms with Crippen LogP contribution in [-0.4, -0.2) is 55.2 Å². The van der Waals surface area contributed by atoms with Crippen molar-refractivity contribution in [3.05, 3.63) is 53.9 Å². The van der Waals surface area contributed by atoms with Crippen molar-refractivity contribution >= 4 is 0 Å². The number of methoxy groups -OCH3 is 2. The number of rotatable bonds is 6. The van der Waals surface area contributed by atoms with E-state index < -0.39 is 0 Å². The maximum Gasteiger partial charge on any atom is 0.123 e. The van der Waals surface area contributed by atoms with Crippen LogP contribution in [0.2, 0.25) is 0 Å². The van der Waals surface area contributed by atoms with Crippen LogP contribution < -0.4 is 9.47 Å². The largest absolute Gasteiger partial charge is 0.497 e. The van der Waals surface area contributed by atoms with Crippen molar-refractivity contribution in [2.45, 2.75) is 13.1 Å². The van der Waals surface area contributed by atoms with Gasteiger partial charge in [0.1, 0.15) is 11.5 Å². The topological polar surface area (TPSA) is 37.8 Å². The van der Waals surface area contributed by atoms with E-state index >= 15 is 0 Å². The maximum atomic E-state index is 5.49. The van der Waals surface area contributed by atoms with Gasteiger partial charge in [0.25, 0.3) is 0 Å². The smallest absolute Gasteiger partial charge is 0.123 e. The Labute approximate surface area is 143 Å². The van der Waals surface area contributed by atoms with Gasteiger partial charge in [0, 0.05) is 51.0 Å². The van der Waals surface area contributed by atoms with E-state index in [4.69, 9.17) is 9.47 Å². The SMILES string of the molecule is COc1ccc(OC)c(CN2CCN(Cc3ccccn3)CC2)c1. The van der Waals surface area contributed by atoms with Crippen molar-refractivity contribution in [3.63, 3.8) is 0 Å². The summed E-state index contributed by atoms with van der Waals surface area (Å²) in [5, 5.41) is 0. The maximum absolute atomic E-state index is 5.49. The lowest BCUT2D eigenvalue weighted by atomic mass is 10.1. The fraction of sp³-hybridized carbons (Fsp3) is 0.421. The number of pyridine rings is 1. The van der Waals surface area contributed by atoms with Crippen LogP contribution in [0.25, 0.3) is 0 Å². The predicted molar refractivity (Wildman–Crippen MR) is 94.3 cm³/mol. The van der Waals surface area contributed by atoms with Crippen LogP contribution in [0.3, 0.4) is 0 Å². The second-order valence-corrected chi connectivity index (χ2v) is 6.05. The van der Waals surface area contributed by atoms with Crippen molar-refractivity contribution in [2.24, 2.45) is 0 Å². The lowest BCUT2D eigenvalue weighted by Crippen LogP contribution is -2.45. The number of hydrogen-bond donors (Lipinski definition) is 0. The Kier molecular flexibility index (Phi) is 5.67. The van der Waals surface area contributed by atoms with Gasteiger partial charge in [-0.1, -0.05) is 6.07 Å². The Hall–Kier alpha value is -2.11. The molecule has 0 bridgehead atoms. The van der Waals surface area contributed by atoms with Gasteiger partial charge < -0.3 is 9.47 Å². The van der Waals surface area contributed by atoms with Crippen LogP contribution in [0.1, 0.15) is 11.3 Å². The molecular formula is C19H25N3O2. The zero-order chi connectivity index (χ0) is 16.8. The summed E-state index contributed by atoms with van der Waals surface area (Å²) in [4.78, 5) is 9.34. The molecule has 1 aromatic carbocycles. The first-order valence-electron chi connectivity index (χ1n) is 8.34. The predicted octanol–water partition coefficient (Wildman–Crippen LogP) is 2.42. The molecule has 0 amide bonds. The zero-order valence-corrected chi connectivity index (χ0v) is 14.4. The summed E-state index contributed by atoms with van der Waals surface area (Å²) in [5.74, 6) is 1.80. The van der Waals surface area contributed by atoms with Gasteiger partial charge in [0.2, 0.25) is 0 Å². The van der Waals surface area contributed by atoms with E-state index in [0.29, 0.717) is 0 Å². The van der Waals surface area contributed by atoms with Gasteiger partial charge in [0.05, 0.1) is 19.9 Å². The molecule has 5 nitrogen and oxygen atoms in total. The molecule has 2 heterocycles. The molecule has 0 aliphatic carbocycles. The molecule has 1 fully saturated rings. The summed E-state index contributed by atoms with van der Waals surface area (Å²) < 4.78 is 10.8. The summed E-state index contributed by atoms with van der Waals surface area (Å²) in [7, 11) is 3.41. The van der Waals surface area contributed by atoms with Gasteiger partial charge in [-0.15, -0.1) is 0 Å². The highest BCUT2D eigenvalue weighted by Crippen LogP contribution is 2.25.